The molecule has 2 nitrogen and oxygen atoms in total. The van der Waals surface area contributed by atoms with Crippen molar-refractivity contribution in [1.29, 1.82) is 0 Å². The lowest BCUT2D eigenvalue weighted by molar-refractivity contribution is 0.683. The second-order valence-electron chi connectivity index (χ2n) is 7.23. The van der Waals surface area contributed by atoms with Gasteiger partial charge in [0.1, 0.15) is 0 Å². The van der Waals surface area contributed by atoms with E-state index in [1.54, 1.807) is 11.8 Å². The Bertz CT molecular complexity index is 872. The molecule has 3 aromatic rings. The summed E-state index contributed by atoms with van der Waals surface area (Å²) in [6.07, 6.45) is 5.66. The number of nitrogens with zero attached hydrogens (tertiary/aromatic N) is 2. The number of aromatic nitrogens is 2. The third kappa shape index (κ3) is 6.21. The summed E-state index contributed by atoms with van der Waals surface area (Å²) in [6.45, 7) is 7.52. The molecule has 1 unspecified atom stereocenters. The minimum atomic E-state index is 0.201. The number of hydrogen-bond donors (Lipinski definition) is 0. The van der Waals surface area contributed by atoms with Crippen LogP contribution in [0.15, 0.2) is 71.0 Å². The Morgan fingerprint density at radius 1 is 1.00 bits per heavy atom. The maximum absolute atomic E-state index is 6.21. The molecule has 0 radical (unpaired) electrons. The summed E-state index contributed by atoms with van der Waals surface area (Å²) in [5, 5.41) is 1.40. The molecule has 0 fully saturated rings. The first-order chi connectivity index (χ1) is 12.8. The van der Waals surface area contributed by atoms with Crippen LogP contribution < -0.4 is 0 Å². The Hall–Kier alpha value is -1.07. The van der Waals surface area contributed by atoms with Crippen molar-refractivity contribution in [3.63, 3.8) is 0 Å². The first kappa shape index (κ1) is 20.7. The molecular weight excluding hydrogens is 415 g/mol. The first-order valence-corrected chi connectivity index (χ1v) is 11.1. The monoisotopic (exact) mass is 436 g/mol. The SMILES string of the molecule is CC(C)(C)Sc1ccc(C(Cn2ccnc2)Sc2ccc(Cl)c(Cl)c2)cc1. The van der Waals surface area contributed by atoms with Crippen LogP contribution >= 0.6 is 46.7 Å². The van der Waals surface area contributed by atoms with E-state index in [1.165, 1.54) is 10.5 Å². The van der Waals surface area contributed by atoms with Crippen LogP contribution in [-0.2, 0) is 6.54 Å². The molecule has 0 saturated heterocycles. The van der Waals surface area contributed by atoms with E-state index in [4.69, 9.17) is 23.2 Å². The average Bonchev–Trinajstić information content (AvgIpc) is 3.10. The summed E-state index contributed by atoms with van der Waals surface area (Å²) in [4.78, 5) is 6.55. The zero-order valence-corrected chi connectivity index (χ0v) is 18.7. The predicted octanol–water partition coefficient (Wildman–Crippen LogP) is 7.61. The van der Waals surface area contributed by atoms with Gasteiger partial charge in [-0.1, -0.05) is 56.1 Å². The van der Waals surface area contributed by atoms with E-state index < -0.39 is 0 Å². The standard InChI is InChI=1S/C21H22Cl2N2S2/c1-21(2,3)27-16-6-4-15(5-7-16)20(13-25-11-10-24-14-25)26-17-8-9-18(22)19(23)12-17/h4-12,14,20H,13H2,1-3H3. The molecule has 27 heavy (non-hydrogen) atoms. The highest BCUT2D eigenvalue weighted by Gasteiger charge is 2.17. The molecule has 0 spiro atoms. The lowest BCUT2D eigenvalue weighted by Gasteiger charge is -2.20. The van der Waals surface area contributed by atoms with E-state index in [1.807, 2.05) is 48.7 Å². The van der Waals surface area contributed by atoms with Crippen molar-refractivity contribution in [2.75, 3.05) is 0 Å². The molecule has 2 aromatic carbocycles. The summed E-state index contributed by atoms with van der Waals surface area (Å²) >= 11 is 15.9. The lowest BCUT2D eigenvalue weighted by atomic mass is 10.1. The molecule has 1 atom stereocenters. The predicted molar refractivity (Wildman–Crippen MR) is 119 cm³/mol. The Morgan fingerprint density at radius 3 is 2.30 bits per heavy atom. The van der Waals surface area contributed by atoms with Gasteiger partial charge in [-0.05, 0) is 35.9 Å². The van der Waals surface area contributed by atoms with E-state index in [-0.39, 0.29) is 10.00 Å². The number of rotatable bonds is 6. The van der Waals surface area contributed by atoms with Crippen molar-refractivity contribution in [3.8, 4) is 0 Å². The van der Waals surface area contributed by atoms with Crippen LogP contribution in [0, 0.1) is 0 Å². The van der Waals surface area contributed by atoms with Crippen LogP contribution in [0.2, 0.25) is 10.0 Å². The maximum Gasteiger partial charge on any atom is 0.0946 e. The number of imidazole rings is 1. The van der Waals surface area contributed by atoms with Crippen LogP contribution in [0.3, 0.4) is 0 Å². The topological polar surface area (TPSA) is 17.8 Å². The molecule has 6 heteroatoms. The van der Waals surface area contributed by atoms with Crippen LogP contribution in [0.4, 0.5) is 0 Å². The maximum atomic E-state index is 6.21. The molecule has 1 heterocycles. The number of thioether (sulfide) groups is 2. The molecule has 3 rings (SSSR count). The van der Waals surface area contributed by atoms with Gasteiger partial charge in [0.15, 0.2) is 0 Å². The Kier molecular flexibility index (Phi) is 6.85. The molecule has 1 aromatic heterocycles. The van der Waals surface area contributed by atoms with E-state index in [2.05, 4.69) is 54.6 Å². The quantitative estimate of drug-likeness (QED) is 0.370. The van der Waals surface area contributed by atoms with Gasteiger partial charge in [0, 0.05) is 33.5 Å². The molecule has 0 bridgehead atoms. The summed E-state index contributed by atoms with van der Waals surface area (Å²) in [6, 6.07) is 14.7. The minimum absolute atomic E-state index is 0.201. The van der Waals surface area contributed by atoms with Crippen LogP contribution in [-0.4, -0.2) is 14.3 Å². The summed E-state index contributed by atoms with van der Waals surface area (Å²) in [5.41, 5.74) is 1.28. The van der Waals surface area contributed by atoms with Gasteiger partial charge in [-0.2, -0.15) is 0 Å². The van der Waals surface area contributed by atoms with Crippen molar-refractivity contribution >= 4 is 46.7 Å². The van der Waals surface area contributed by atoms with Gasteiger partial charge >= 0.3 is 0 Å². The zero-order chi connectivity index (χ0) is 19.4. The Morgan fingerprint density at radius 2 is 1.70 bits per heavy atom. The van der Waals surface area contributed by atoms with Crippen LogP contribution in [0.25, 0.3) is 0 Å². The molecule has 0 aliphatic heterocycles. The van der Waals surface area contributed by atoms with Gasteiger partial charge in [-0.3, -0.25) is 0 Å². The molecular formula is C21H22Cl2N2S2. The second kappa shape index (κ2) is 8.95. The zero-order valence-electron chi connectivity index (χ0n) is 15.5. The van der Waals surface area contributed by atoms with Gasteiger partial charge < -0.3 is 4.57 Å². The minimum Gasteiger partial charge on any atom is -0.336 e. The van der Waals surface area contributed by atoms with Crippen molar-refractivity contribution < 1.29 is 0 Å². The highest BCUT2D eigenvalue weighted by molar-refractivity contribution is 8.00. The first-order valence-electron chi connectivity index (χ1n) is 8.66. The Balaban J connectivity index is 1.83. The molecule has 0 aliphatic carbocycles. The highest BCUT2D eigenvalue weighted by Crippen LogP contribution is 2.40. The number of hydrogen-bond acceptors (Lipinski definition) is 3. The van der Waals surface area contributed by atoms with E-state index in [0.717, 1.165) is 11.4 Å². The van der Waals surface area contributed by atoms with Crippen molar-refractivity contribution in [2.24, 2.45) is 0 Å². The van der Waals surface area contributed by atoms with Crippen molar-refractivity contribution in [1.82, 2.24) is 9.55 Å². The average molecular weight is 437 g/mol. The molecule has 0 amide bonds. The second-order valence-corrected chi connectivity index (χ2v) is 11.2. The Labute approximate surface area is 179 Å². The molecule has 142 valence electrons. The van der Waals surface area contributed by atoms with Gasteiger partial charge in [0.05, 0.1) is 21.6 Å². The normalized spacial score (nSPS) is 12.9. The number of benzene rings is 2. The third-order valence-electron chi connectivity index (χ3n) is 3.78. The van der Waals surface area contributed by atoms with Crippen molar-refractivity contribution in [2.45, 2.75) is 47.1 Å². The fourth-order valence-corrected chi connectivity index (χ4v) is 5.16. The molecule has 0 saturated carbocycles. The fraction of sp³-hybridized carbons (Fsp3) is 0.286. The lowest BCUT2D eigenvalue weighted by Crippen LogP contribution is -2.07. The van der Waals surface area contributed by atoms with E-state index >= 15 is 0 Å². The smallest absolute Gasteiger partial charge is 0.0946 e. The van der Waals surface area contributed by atoms with Crippen LogP contribution in [0.1, 0.15) is 31.6 Å². The number of halogens is 2. The van der Waals surface area contributed by atoms with Crippen molar-refractivity contribution in [3.05, 3.63) is 76.8 Å². The van der Waals surface area contributed by atoms with E-state index in [9.17, 15) is 0 Å². The van der Waals surface area contributed by atoms with Gasteiger partial charge in [0.25, 0.3) is 0 Å². The highest BCUT2D eigenvalue weighted by atomic mass is 35.5. The fourth-order valence-electron chi connectivity index (χ4n) is 2.62. The summed E-state index contributed by atoms with van der Waals surface area (Å²) in [5.74, 6) is 0. The van der Waals surface area contributed by atoms with Gasteiger partial charge in [0.2, 0.25) is 0 Å². The summed E-state index contributed by atoms with van der Waals surface area (Å²) in [7, 11) is 0. The van der Waals surface area contributed by atoms with Crippen LogP contribution in [0.5, 0.6) is 0 Å². The third-order valence-corrected chi connectivity index (χ3v) is 6.87. The largest absolute Gasteiger partial charge is 0.336 e. The van der Waals surface area contributed by atoms with Gasteiger partial charge in [-0.25, -0.2) is 4.98 Å². The van der Waals surface area contributed by atoms with E-state index in [0.29, 0.717) is 10.0 Å². The summed E-state index contributed by atoms with van der Waals surface area (Å²) < 4.78 is 2.31. The molecule has 0 N–H and O–H groups in total. The van der Waals surface area contributed by atoms with Gasteiger partial charge in [-0.15, -0.1) is 23.5 Å². The molecule has 0 aliphatic rings.